The van der Waals surface area contributed by atoms with Crippen LogP contribution in [0.1, 0.15) is 27.7 Å². The SMILES string of the molecule is CCNCCNCC.CCNCCNCC. The zero-order chi connectivity index (χ0) is 12.5. The van der Waals surface area contributed by atoms with Gasteiger partial charge < -0.3 is 21.3 Å². The lowest BCUT2D eigenvalue weighted by molar-refractivity contribution is 0.641. The lowest BCUT2D eigenvalue weighted by Crippen LogP contribution is -2.26. The van der Waals surface area contributed by atoms with Crippen LogP contribution in [-0.4, -0.2) is 52.4 Å². The first-order chi connectivity index (χ1) is 7.83. The van der Waals surface area contributed by atoms with Crippen molar-refractivity contribution in [2.24, 2.45) is 0 Å². The molecule has 0 fully saturated rings. The zero-order valence-corrected chi connectivity index (χ0v) is 11.7. The fraction of sp³-hybridized carbons (Fsp3) is 1.00. The van der Waals surface area contributed by atoms with Gasteiger partial charge in [0, 0.05) is 26.2 Å². The molecule has 0 saturated carbocycles. The summed E-state index contributed by atoms with van der Waals surface area (Å²) in [4.78, 5) is 0. The second-order valence-corrected chi connectivity index (χ2v) is 3.41. The zero-order valence-electron chi connectivity index (χ0n) is 11.7. The Kier molecular flexibility index (Phi) is 23.1. The van der Waals surface area contributed by atoms with Crippen LogP contribution in [0.15, 0.2) is 0 Å². The molecule has 0 unspecified atom stereocenters. The summed E-state index contributed by atoms with van der Waals surface area (Å²) in [6.07, 6.45) is 0. The van der Waals surface area contributed by atoms with E-state index in [1.165, 1.54) is 0 Å². The maximum absolute atomic E-state index is 3.22. The summed E-state index contributed by atoms with van der Waals surface area (Å²) in [5, 5.41) is 12.9. The van der Waals surface area contributed by atoms with Gasteiger partial charge in [0.05, 0.1) is 0 Å². The third kappa shape index (κ3) is 23.6. The molecule has 0 amide bonds. The molecule has 0 radical (unpaired) electrons. The summed E-state index contributed by atoms with van der Waals surface area (Å²) in [5.41, 5.74) is 0. The molecule has 0 aromatic carbocycles. The molecule has 0 atom stereocenters. The molecule has 4 heteroatoms. The van der Waals surface area contributed by atoms with E-state index in [4.69, 9.17) is 0 Å². The molecule has 4 nitrogen and oxygen atoms in total. The largest absolute Gasteiger partial charge is 0.316 e. The van der Waals surface area contributed by atoms with E-state index < -0.39 is 0 Å². The Bertz CT molecular complexity index is 75.0. The van der Waals surface area contributed by atoms with Crippen LogP contribution >= 0.6 is 0 Å². The predicted molar refractivity (Wildman–Crippen MR) is 74.2 cm³/mol. The van der Waals surface area contributed by atoms with Crippen LogP contribution in [-0.2, 0) is 0 Å². The summed E-state index contributed by atoms with van der Waals surface area (Å²) in [6, 6.07) is 0. The van der Waals surface area contributed by atoms with E-state index in [9.17, 15) is 0 Å². The highest BCUT2D eigenvalue weighted by molar-refractivity contribution is 4.46. The minimum atomic E-state index is 1.07. The Hall–Kier alpha value is -0.160. The number of hydrogen-bond acceptors (Lipinski definition) is 4. The van der Waals surface area contributed by atoms with Crippen molar-refractivity contribution in [2.45, 2.75) is 27.7 Å². The molecular weight excluding hydrogens is 200 g/mol. The van der Waals surface area contributed by atoms with Crippen molar-refractivity contribution >= 4 is 0 Å². The molecule has 0 aliphatic rings. The molecule has 100 valence electrons. The maximum Gasteiger partial charge on any atom is 0.00766 e. The minimum absolute atomic E-state index is 1.07. The molecule has 0 heterocycles. The Morgan fingerprint density at radius 3 is 0.750 bits per heavy atom. The van der Waals surface area contributed by atoms with Gasteiger partial charge in [0.15, 0.2) is 0 Å². The summed E-state index contributed by atoms with van der Waals surface area (Å²) < 4.78 is 0. The number of nitrogens with one attached hydrogen (secondary N) is 4. The molecule has 0 bridgehead atoms. The van der Waals surface area contributed by atoms with Crippen molar-refractivity contribution in [3.05, 3.63) is 0 Å². The average Bonchev–Trinajstić information content (AvgIpc) is 2.31. The van der Waals surface area contributed by atoms with Gasteiger partial charge in [0.1, 0.15) is 0 Å². The van der Waals surface area contributed by atoms with Crippen LogP contribution in [0, 0.1) is 0 Å². The van der Waals surface area contributed by atoms with E-state index in [1.807, 2.05) is 0 Å². The molecular formula is C12H32N4. The minimum Gasteiger partial charge on any atom is -0.316 e. The van der Waals surface area contributed by atoms with E-state index >= 15 is 0 Å². The van der Waals surface area contributed by atoms with Gasteiger partial charge in [-0.25, -0.2) is 0 Å². The highest BCUT2D eigenvalue weighted by Gasteiger charge is 1.79. The molecule has 4 N–H and O–H groups in total. The average molecular weight is 232 g/mol. The van der Waals surface area contributed by atoms with Crippen molar-refractivity contribution in [1.82, 2.24) is 21.3 Å². The molecule has 0 spiro atoms. The lowest BCUT2D eigenvalue weighted by Gasteiger charge is -1.99. The van der Waals surface area contributed by atoms with Crippen molar-refractivity contribution in [2.75, 3.05) is 52.4 Å². The van der Waals surface area contributed by atoms with Gasteiger partial charge in [-0.3, -0.25) is 0 Å². The van der Waals surface area contributed by atoms with E-state index in [1.54, 1.807) is 0 Å². The first-order valence-corrected chi connectivity index (χ1v) is 6.66. The van der Waals surface area contributed by atoms with Gasteiger partial charge in [-0.05, 0) is 26.2 Å². The van der Waals surface area contributed by atoms with Gasteiger partial charge in [-0.2, -0.15) is 0 Å². The van der Waals surface area contributed by atoms with Gasteiger partial charge in [0.25, 0.3) is 0 Å². The molecule has 0 aromatic rings. The standard InChI is InChI=1S/2C6H16N2/c2*1-3-7-5-6-8-4-2/h2*7-8H,3-6H2,1-2H3. The first kappa shape index (κ1) is 18.2. The van der Waals surface area contributed by atoms with Crippen molar-refractivity contribution in [1.29, 1.82) is 0 Å². The molecule has 0 aliphatic carbocycles. The fourth-order valence-electron chi connectivity index (χ4n) is 1.06. The Morgan fingerprint density at radius 2 is 0.625 bits per heavy atom. The normalized spacial score (nSPS) is 9.75. The third-order valence-corrected chi connectivity index (χ3v) is 1.96. The van der Waals surface area contributed by atoms with Crippen LogP contribution in [0.25, 0.3) is 0 Å². The van der Waals surface area contributed by atoms with Gasteiger partial charge in [-0.15, -0.1) is 0 Å². The van der Waals surface area contributed by atoms with Crippen LogP contribution < -0.4 is 21.3 Å². The monoisotopic (exact) mass is 232 g/mol. The first-order valence-electron chi connectivity index (χ1n) is 6.66. The van der Waals surface area contributed by atoms with Crippen LogP contribution in [0.2, 0.25) is 0 Å². The van der Waals surface area contributed by atoms with Crippen LogP contribution in [0.5, 0.6) is 0 Å². The number of hydrogen-bond donors (Lipinski definition) is 4. The van der Waals surface area contributed by atoms with Crippen molar-refractivity contribution in [3.8, 4) is 0 Å². The smallest absolute Gasteiger partial charge is 0.00766 e. The summed E-state index contributed by atoms with van der Waals surface area (Å²) in [5.74, 6) is 0. The Labute approximate surface area is 102 Å². The highest BCUT2D eigenvalue weighted by atomic mass is 14.9. The van der Waals surface area contributed by atoms with E-state index in [0.717, 1.165) is 52.4 Å². The van der Waals surface area contributed by atoms with Crippen molar-refractivity contribution in [3.63, 3.8) is 0 Å². The van der Waals surface area contributed by atoms with Gasteiger partial charge in [0.2, 0.25) is 0 Å². The van der Waals surface area contributed by atoms with Crippen LogP contribution in [0.3, 0.4) is 0 Å². The van der Waals surface area contributed by atoms with Crippen molar-refractivity contribution < 1.29 is 0 Å². The summed E-state index contributed by atoms with van der Waals surface area (Å²) in [7, 11) is 0. The van der Waals surface area contributed by atoms with E-state index in [0.29, 0.717) is 0 Å². The molecule has 0 aromatic heterocycles. The van der Waals surface area contributed by atoms with Gasteiger partial charge in [-0.1, -0.05) is 27.7 Å². The quantitative estimate of drug-likeness (QED) is 0.412. The van der Waals surface area contributed by atoms with Gasteiger partial charge >= 0.3 is 0 Å². The second-order valence-electron chi connectivity index (χ2n) is 3.41. The molecule has 0 aliphatic heterocycles. The lowest BCUT2D eigenvalue weighted by atomic mass is 10.6. The number of likely N-dealkylation sites (N-methyl/N-ethyl adjacent to an activating group) is 4. The Balaban J connectivity index is 0. The van der Waals surface area contributed by atoms with E-state index in [2.05, 4.69) is 49.0 Å². The second kappa shape index (κ2) is 20.3. The third-order valence-electron chi connectivity index (χ3n) is 1.96. The summed E-state index contributed by atoms with van der Waals surface area (Å²) >= 11 is 0. The van der Waals surface area contributed by atoms with Crippen LogP contribution in [0.4, 0.5) is 0 Å². The molecule has 0 rings (SSSR count). The fourth-order valence-corrected chi connectivity index (χ4v) is 1.06. The maximum atomic E-state index is 3.22. The predicted octanol–water partition coefficient (Wildman–Crippen LogP) is 0.411. The van der Waals surface area contributed by atoms with E-state index in [-0.39, 0.29) is 0 Å². The summed E-state index contributed by atoms with van der Waals surface area (Å²) in [6.45, 7) is 17.1. The highest BCUT2D eigenvalue weighted by Crippen LogP contribution is 1.57. The molecule has 0 saturated heterocycles. The number of rotatable bonds is 10. The Morgan fingerprint density at radius 1 is 0.438 bits per heavy atom. The molecule has 16 heavy (non-hydrogen) atoms. The topological polar surface area (TPSA) is 48.1 Å².